The lowest BCUT2D eigenvalue weighted by molar-refractivity contribution is -0.122. The molecule has 172 valence electrons. The van der Waals surface area contributed by atoms with Gasteiger partial charge in [-0.1, -0.05) is 29.8 Å². The Kier molecular flexibility index (Phi) is 7.98. The van der Waals surface area contributed by atoms with E-state index in [1.165, 1.54) is 26.9 Å². The topological polar surface area (TPSA) is 77.1 Å². The number of likely N-dealkylation sites (tertiary alicyclic amines) is 1. The van der Waals surface area contributed by atoms with Crippen molar-refractivity contribution in [2.24, 2.45) is 5.92 Å². The first-order chi connectivity index (χ1) is 15.4. The molecule has 0 aromatic heterocycles. The summed E-state index contributed by atoms with van der Waals surface area (Å²) in [5.41, 5.74) is 2.79. The number of piperidine rings is 1. The number of aryl methyl sites for hydroxylation is 1. The van der Waals surface area contributed by atoms with Crippen molar-refractivity contribution < 1.29 is 23.8 Å². The summed E-state index contributed by atoms with van der Waals surface area (Å²) in [5, 5.41) is 3.00. The number of nitrogens with zero attached hydrogens (tertiary/aromatic N) is 1. The lowest BCUT2D eigenvalue weighted by atomic mass is 9.92. The van der Waals surface area contributed by atoms with E-state index in [0.29, 0.717) is 48.9 Å². The van der Waals surface area contributed by atoms with Crippen LogP contribution in [0.5, 0.6) is 17.2 Å². The lowest BCUT2D eigenvalue weighted by Crippen LogP contribution is -2.39. The van der Waals surface area contributed by atoms with Gasteiger partial charge in [0, 0.05) is 31.6 Å². The highest BCUT2D eigenvalue weighted by Gasteiger charge is 2.26. The summed E-state index contributed by atoms with van der Waals surface area (Å²) < 4.78 is 16.0. The van der Waals surface area contributed by atoms with E-state index >= 15 is 0 Å². The molecule has 1 N–H and O–H groups in total. The maximum atomic E-state index is 13.0. The van der Waals surface area contributed by atoms with Gasteiger partial charge < -0.3 is 24.4 Å². The van der Waals surface area contributed by atoms with Gasteiger partial charge in [-0.25, -0.2) is 0 Å². The maximum absolute atomic E-state index is 13.0. The fourth-order valence-electron chi connectivity index (χ4n) is 3.97. The first-order valence-electron chi connectivity index (χ1n) is 10.9. The van der Waals surface area contributed by atoms with Crippen LogP contribution in [-0.2, 0) is 11.3 Å². The number of hydrogen-bond acceptors (Lipinski definition) is 5. The Bertz CT molecular complexity index is 909. The van der Waals surface area contributed by atoms with Crippen molar-refractivity contribution in [3.63, 3.8) is 0 Å². The Morgan fingerprint density at radius 2 is 1.56 bits per heavy atom. The Morgan fingerprint density at radius 3 is 2.09 bits per heavy atom. The van der Waals surface area contributed by atoms with E-state index < -0.39 is 0 Å². The van der Waals surface area contributed by atoms with Crippen LogP contribution in [0.1, 0.15) is 40.7 Å². The van der Waals surface area contributed by atoms with Gasteiger partial charge in [-0.05, 0) is 43.4 Å². The largest absolute Gasteiger partial charge is 0.493 e. The predicted octanol–water partition coefficient (Wildman–Crippen LogP) is 3.58. The highest BCUT2D eigenvalue weighted by molar-refractivity contribution is 5.95. The molecule has 0 spiro atoms. The summed E-state index contributed by atoms with van der Waals surface area (Å²) in [5.74, 6) is 1.62. The number of rotatable bonds is 8. The zero-order valence-electron chi connectivity index (χ0n) is 19.3. The molecule has 0 bridgehead atoms. The molecule has 0 aliphatic carbocycles. The summed E-state index contributed by atoms with van der Waals surface area (Å²) in [6.45, 7) is 3.81. The molecule has 0 unspecified atom stereocenters. The van der Waals surface area contributed by atoms with Gasteiger partial charge in [0.2, 0.25) is 11.7 Å². The number of methoxy groups -OCH3 is 3. The highest BCUT2D eigenvalue weighted by Crippen LogP contribution is 2.38. The summed E-state index contributed by atoms with van der Waals surface area (Å²) in [7, 11) is 4.59. The van der Waals surface area contributed by atoms with Crippen LogP contribution >= 0.6 is 0 Å². The molecule has 1 saturated heterocycles. The van der Waals surface area contributed by atoms with Crippen molar-refractivity contribution in [1.82, 2.24) is 10.2 Å². The molecule has 32 heavy (non-hydrogen) atoms. The Balaban J connectivity index is 1.52. The van der Waals surface area contributed by atoms with Crippen LogP contribution in [0, 0.1) is 12.8 Å². The van der Waals surface area contributed by atoms with Gasteiger partial charge in [0.1, 0.15) is 0 Å². The molecule has 1 fully saturated rings. The Labute approximate surface area is 189 Å². The van der Waals surface area contributed by atoms with Crippen LogP contribution in [0.25, 0.3) is 0 Å². The van der Waals surface area contributed by atoms with E-state index in [1.54, 1.807) is 12.1 Å². The SMILES string of the molecule is COc1cc(C(=O)N2CCC(CC(=O)NCc3ccc(C)cc3)CC2)cc(OC)c1OC. The minimum absolute atomic E-state index is 0.0555. The first-order valence-corrected chi connectivity index (χ1v) is 10.9. The summed E-state index contributed by atoms with van der Waals surface area (Å²) in [4.78, 5) is 27.2. The van der Waals surface area contributed by atoms with E-state index in [4.69, 9.17) is 14.2 Å². The third-order valence-electron chi connectivity index (χ3n) is 5.90. The van der Waals surface area contributed by atoms with Crippen molar-refractivity contribution in [2.75, 3.05) is 34.4 Å². The smallest absolute Gasteiger partial charge is 0.254 e. The molecule has 2 aromatic carbocycles. The van der Waals surface area contributed by atoms with Gasteiger partial charge in [0.05, 0.1) is 21.3 Å². The average Bonchev–Trinajstić information content (AvgIpc) is 2.82. The number of amides is 2. The average molecular weight is 441 g/mol. The van der Waals surface area contributed by atoms with E-state index in [2.05, 4.69) is 5.32 Å². The van der Waals surface area contributed by atoms with Gasteiger partial charge in [0.25, 0.3) is 5.91 Å². The second-order valence-electron chi connectivity index (χ2n) is 8.12. The molecule has 0 radical (unpaired) electrons. The molecule has 7 nitrogen and oxygen atoms in total. The van der Waals surface area contributed by atoms with E-state index in [9.17, 15) is 9.59 Å². The number of benzene rings is 2. The second kappa shape index (κ2) is 10.9. The van der Waals surface area contributed by atoms with Gasteiger partial charge >= 0.3 is 0 Å². The Morgan fingerprint density at radius 1 is 0.969 bits per heavy atom. The second-order valence-corrected chi connectivity index (χ2v) is 8.12. The van der Waals surface area contributed by atoms with E-state index in [-0.39, 0.29) is 17.7 Å². The van der Waals surface area contributed by atoms with Crippen molar-refractivity contribution in [1.29, 1.82) is 0 Å². The lowest BCUT2D eigenvalue weighted by Gasteiger charge is -2.32. The van der Waals surface area contributed by atoms with Crippen molar-refractivity contribution in [3.05, 3.63) is 53.1 Å². The molecule has 1 aliphatic rings. The number of carbonyl (C=O) groups excluding carboxylic acids is 2. The minimum Gasteiger partial charge on any atom is -0.493 e. The molecule has 2 amide bonds. The molecular formula is C25H32N2O5. The molecule has 2 aromatic rings. The highest BCUT2D eigenvalue weighted by atomic mass is 16.5. The number of carbonyl (C=O) groups is 2. The first kappa shape index (κ1) is 23.4. The quantitative estimate of drug-likeness (QED) is 0.679. The van der Waals surface area contributed by atoms with Gasteiger partial charge in [-0.15, -0.1) is 0 Å². The van der Waals surface area contributed by atoms with Crippen LogP contribution < -0.4 is 19.5 Å². The molecular weight excluding hydrogens is 408 g/mol. The zero-order valence-corrected chi connectivity index (χ0v) is 19.3. The van der Waals surface area contributed by atoms with Gasteiger partial charge in [-0.3, -0.25) is 9.59 Å². The summed E-state index contributed by atoms with van der Waals surface area (Å²) >= 11 is 0. The fourth-order valence-corrected chi connectivity index (χ4v) is 3.97. The van der Waals surface area contributed by atoms with Crippen LogP contribution in [-0.4, -0.2) is 51.1 Å². The van der Waals surface area contributed by atoms with E-state index in [0.717, 1.165) is 18.4 Å². The van der Waals surface area contributed by atoms with Crippen LogP contribution in [0.3, 0.4) is 0 Å². The number of nitrogens with one attached hydrogen (secondary N) is 1. The minimum atomic E-state index is -0.0773. The summed E-state index contributed by atoms with van der Waals surface area (Å²) in [6, 6.07) is 11.5. The zero-order chi connectivity index (χ0) is 23.1. The number of hydrogen-bond donors (Lipinski definition) is 1. The van der Waals surface area contributed by atoms with Crippen LogP contribution in [0.2, 0.25) is 0 Å². The van der Waals surface area contributed by atoms with Crippen molar-refractivity contribution >= 4 is 11.8 Å². The number of ether oxygens (including phenoxy) is 3. The molecule has 1 heterocycles. The molecule has 0 saturated carbocycles. The molecule has 3 rings (SSSR count). The molecule has 7 heteroatoms. The van der Waals surface area contributed by atoms with Crippen molar-refractivity contribution in [2.45, 2.75) is 32.7 Å². The van der Waals surface area contributed by atoms with Gasteiger partial charge in [0.15, 0.2) is 11.5 Å². The van der Waals surface area contributed by atoms with Crippen molar-refractivity contribution in [3.8, 4) is 17.2 Å². The third-order valence-corrected chi connectivity index (χ3v) is 5.90. The van der Waals surface area contributed by atoms with Gasteiger partial charge in [-0.2, -0.15) is 0 Å². The predicted molar refractivity (Wildman–Crippen MR) is 122 cm³/mol. The fraction of sp³-hybridized carbons (Fsp3) is 0.440. The molecule has 1 aliphatic heterocycles. The van der Waals surface area contributed by atoms with Crippen LogP contribution in [0.15, 0.2) is 36.4 Å². The monoisotopic (exact) mass is 440 g/mol. The standard InChI is InChI=1S/C25H32N2O5/c1-17-5-7-19(8-6-17)16-26-23(28)13-18-9-11-27(12-10-18)25(29)20-14-21(30-2)24(32-4)22(15-20)31-3/h5-8,14-15,18H,9-13,16H2,1-4H3,(H,26,28). The third kappa shape index (κ3) is 5.72. The van der Waals surface area contributed by atoms with E-state index in [1.807, 2.05) is 36.1 Å². The normalized spacial score (nSPS) is 14.1. The maximum Gasteiger partial charge on any atom is 0.254 e. The van der Waals surface area contributed by atoms with Crippen LogP contribution in [0.4, 0.5) is 0 Å². The Hall–Kier alpha value is -3.22. The molecule has 0 atom stereocenters. The summed E-state index contributed by atoms with van der Waals surface area (Å²) in [6.07, 6.45) is 2.08.